The third-order valence-corrected chi connectivity index (χ3v) is 2.60. The van der Waals surface area contributed by atoms with Crippen molar-refractivity contribution < 1.29 is 14.3 Å². The highest BCUT2D eigenvalue weighted by Crippen LogP contribution is 2.19. The van der Waals surface area contributed by atoms with Crippen LogP contribution >= 0.6 is 0 Å². The molecule has 6 heteroatoms. The number of carboxylic acids is 1. The Hall–Kier alpha value is -2.08. The first-order valence-electron chi connectivity index (χ1n) is 5.66. The summed E-state index contributed by atoms with van der Waals surface area (Å²) in [5.41, 5.74) is 7.79. The first kappa shape index (κ1) is 12.4. The minimum Gasteiger partial charge on any atom is -0.480 e. The summed E-state index contributed by atoms with van der Waals surface area (Å²) in [6.07, 6.45) is 0.366. The van der Waals surface area contributed by atoms with E-state index in [9.17, 15) is 4.79 Å². The van der Waals surface area contributed by atoms with Gasteiger partial charge < -0.3 is 20.6 Å². The van der Waals surface area contributed by atoms with Crippen LogP contribution in [0.25, 0.3) is 11.1 Å². The van der Waals surface area contributed by atoms with Crippen LogP contribution in [0, 0.1) is 6.92 Å². The van der Waals surface area contributed by atoms with Crippen LogP contribution in [0.4, 0.5) is 5.69 Å². The molecule has 0 saturated heterocycles. The fraction of sp³-hybridized carbons (Fsp3) is 0.333. The molecule has 96 valence electrons. The molecule has 0 spiro atoms. The number of aliphatic carboxylic acids is 1. The molecule has 1 unspecified atom stereocenters. The van der Waals surface area contributed by atoms with E-state index in [1.807, 2.05) is 18.2 Å². The Morgan fingerprint density at radius 1 is 1.61 bits per heavy atom. The lowest BCUT2D eigenvalue weighted by atomic mass is 10.2. The van der Waals surface area contributed by atoms with E-state index in [1.165, 1.54) is 0 Å². The van der Waals surface area contributed by atoms with Gasteiger partial charge in [0.25, 0.3) is 0 Å². The van der Waals surface area contributed by atoms with E-state index in [4.69, 9.17) is 15.3 Å². The summed E-state index contributed by atoms with van der Waals surface area (Å²) < 4.78 is 5.36. The molecule has 2 aromatic rings. The van der Waals surface area contributed by atoms with E-state index in [0.717, 1.165) is 16.8 Å². The molecular weight excluding hydrogens is 234 g/mol. The highest BCUT2D eigenvalue weighted by molar-refractivity contribution is 5.77. The van der Waals surface area contributed by atoms with Gasteiger partial charge >= 0.3 is 5.97 Å². The van der Waals surface area contributed by atoms with Crippen molar-refractivity contribution in [3.8, 4) is 0 Å². The topological polar surface area (TPSA) is 101 Å². The summed E-state index contributed by atoms with van der Waals surface area (Å²) in [7, 11) is 0. The van der Waals surface area contributed by atoms with Crippen LogP contribution in [0.5, 0.6) is 0 Å². The first-order chi connectivity index (χ1) is 8.56. The van der Waals surface area contributed by atoms with Gasteiger partial charge in [0.15, 0.2) is 11.5 Å². The van der Waals surface area contributed by atoms with E-state index in [1.54, 1.807) is 6.92 Å². The Morgan fingerprint density at radius 2 is 2.39 bits per heavy atom. The molecule has 0 aliphatic rings. The van der Waals surface area contributed by atoms with Gasteiger partial charge in [0.05, 0.1) is 0 Å². The van der Waals surface area contributed by atoms with Gasteiger partial charge in [-0.1, -0.05) is 0 Å². The smallest absolute Gasteiger partial charge is 0.320 e. The van der Waals surface area contributed by atoms with Crippen molar-refractivity contribution in [2.75, 3.05) is 11.9 Å². The maximum Gasteiger partial charge on any atom is 0.320 e. The maximum atomic E-state index is 10.5. The zero-order chi connectivity index (χ0) is 13.1. The molecule has 1 aromatic heterocycles. The van der Waals surface area contributed by atoms with Crippen LogP contribution < -0.4 is 11.1 Å². The lowest BCUT2D eigenvalue weighted by Gasteiger charge is -2.08. The molecule has 1 atom stereocenters. The number of anilines is 1. The summed E-state index contributed by atoms with van der Waals surface area (Å²) in [5, 5.41) is 11.8. The highest BCUT2D eigenvalue weighted by atomic mass is 16.4. The zero-order valence-corrected chi connectivity index (χ0v) is 10.0. The monoisotopic (exact) mass is 249 g/mol. The molecule has 0 fully saturated rings. The van der Waals surface area contributed by atoms with Gasteiger partial charge in [-0.25, -0.2) is 4.98 Å². The Labute approximate surface area is 104 Å². The van der Waals surface area contributed by atoms with Crippen molar-refractivity contribution in [3.05, 3.63) is 24.1 Å². The highest BCUT2D eigenvalue weighted by Gasteiger charge is 2.10. The number of fused-ring (bicyclic) bond motifs is 1. The van der Waals surface area contributed by atoms with E-state index in [2.05, 4.69) is 10.3 Å². The van der Waals surface area contributed by atoms with Crippen LogP contribution in [0.15, 0.2) is 22.6 Å². The normalized spacial score (nSPS) is 12.6. The van der Waals surface area contributed by atoms with Gasteiger partial charge in [-0.2, -0.15) is 0 Å². The average molecular weight is 249 g/mol. The van der Waals surface area contributed by atoms with E-state index < -0.39 is 12.0 Å². The predicted octanol–water partition coefficient (Wildman–Crippen LogP) is 1.35. The lowest BCUT2D eigenvalue weighted by Crippen LogP contribution is -2.32. The van der Waals surface area contributed by atoms with E-state index >= 15 is 0 Å². The number of aryl methyl sites for hydroxylation is 1. The molecule has 1 aromatic carbocycles. The number of oxazole rings is 1. The fourth-order valence-corrected chi connectivity index (χ4v) is 1.65. The van der Waals surface area contributed by atoms with Gasteiger partial charge in [-0.15, -0.1) is 0 Å². The molecule has 0 aliphatic carbocycles. The Kier molecular flexibility index (Phi) is 3.47. The molecule has 1 heterocycles. The number of nitrogens with zero attached hydrogens (tertiary/aromatic N) is 1. The second kappa shape index (κ2) is 5.05. The SMILES string of the molecule is Cc1nc2cc(NCCC(N)C(=O)O)ccc2o1. The molecule has 4 N–H and O–H groups in total. The molecule has 18 heavy (non-hydrogen) atoms. The number of carboxylic acid groups (broad SMARTS) is 1. The number of benzene rings is 1. The molecule has 6 nitrogen and oxygen atoms in total. The van der Waals surface area contributed by atoms with Crippen molar-refractivity contribution in [2.45, 2.75) is 19.4 Å². The third-order valence-electron chi connectivity index (χ3n) is 2.60. The van der Waals surface area contributed by atoms with Crippen molar-refractivity contribution in [1.29, 1.82) is 0 Å². The standard InChI is InChI=1S/C12H15N3O3/c1-7-15-10-6-8(2-3-11(10)18-7)14-5-4-9(13)12(16)17/h2-3,6,9,14H,4-5,13H2,1H3,(H,16,17). The Balaban J connectivity index is 1.97. The second-order valence-corrected chi connectivity index (χ2v) is 4.08. The number of nitrogens with two attached hydrogens (primary N) is 1. The van der Waals surface area contributed by atoms with Crippen LogP contribution in [-0.4, -0.2) is 28.6 Å². The molecule has 0 radical (unpaired) electrons. The maximum absolute atomic E-state index is 10.5. The predicted molar refractivity (Wildman–Crippen MR) is 67.5 cm³/mol. The van der Waals surface area contributed by atoms with Gasteiger partial charge in [-0.05, 0) is 24.6 Å². The largest absolute Gasteiger partial charge is 0.480 e. The number of carbonyl (C=O) groups is 1. The van der Waals surface area contributed by atoms with Crippen LogP contribution in [0.1, 0.15) is 12.3 Å². The molecule has 0 bridgehead atoms. The third kappa shape index (κ3) is 2.78. The second-order valence-electron chi connectivity index (χ2n) is 4.08. The summed E-state index contributed by atoms with van der Waals surface area (Å²) >= 11 is 0. The Morgan fingerprint density at radius 3 is 3.11 bits per heavy atom. The van der Waals surface area contributed by atoms with Gasteiger partial charge in [0.2, 0.25) is 0 Å². The summed E-state index contributed by atoms with van der Waals surface area (Å²) in [4.78, 5) is 14.8. The summed E-state index contributed by atoms with van der Waals surface area (Å²) in [6, 6.07) is 4.71. The molecule has 0 aliphatic heterocycles. The molecule has 0 saturated carbocycles. The van der Waals surface area contributed by atoms with Crippen LogP contribution in [0.3, 0.4) is 0 Å². The zero-order valence-electron chi connectivity index (χ0n) is 10.0. The summed E-state index contributed by atoms with van der Waals surface area (Å²) in [6.45, 7) is 2.29. The number of hydrogen-bond donors (Lipinski definition) is 3. The van der Waals surface area contributed by atoms with Crippen LogP contribution in [0.2, 0.25) is 0 Å². The van der Waals surface area contributed by atoms with Crippen molar-refractivity contribution in [3.63, 3.8) is 0 Å². The lowest BCUT2D eigenvalue weighted by molar-refractivity contribution is -0.138. The van der Waals surface area contributed by atoms with Crippen molar-refractivity contribution in [1.82, 2.24) is 4.98 Å². The van der Waals surface area contributed by atoms with Gasteiger partial charge in [0.1, 0.15) is 11.6 Å². The Bertz CT molecular complexity index is 565. The fourth-order valence-electron chi connectivity index (χ4n) is 1.65. The van der Waals surface area contributed by atoms with Crippen LogP contribution in [-0.2, 0) is 4.79 Å². The van der Waals surface area contributed by atoms with E-state index in [0.29, 0.717) is 18.9 Å². The molecule has 2 rings (SSSR count). The number of hydrogen-bond acceptors (Lipinski definition) is 5. The van der Waals surface area contributed by atoms with Gasteiger partial charge in [-0.3, -0.25) is 4.79 Å². The van der Waals surface area contributed by atoms with E-state index in [-0.39, 0.29) is 0 Å². The molecular formula is C12H15N3O3. The number of rotatable bonds is 5. The number of aromatic nitrogens is 1. The summed E-state index contributed by atoms with van der Waals surface area (Å²) in [5.74, 6) is -0.366. The number of nitrogens with one attached hydrogen (secondary N) is 1. The molecule has 0 amide bonds. The minimum absolute atomic E-state index is 0.366. The van der Waals surface area contributed by atoms with Crippen molar-refractivity contribution >= 4 is 22.8 Å². The minimum atomic E-state index is -0.987. The first-order valence-corrected chi connectivity index (χ1v) is 5.66. The van der Waals surface area contributed by atoms with Crippen molar-refractivity contribution in [2.24, 2.45) is 5.73 Å². The van der Waals surface area contributed by atoms with Gasteiger partial charge in [0, 0.05) is 19.2 Å². The average Bonchev–Trinajstić information content (AvgIpc) is 2.68. The quantitative estimate of drug-likeness (QED) is 0.739.